The Morgan fingerprint density at radius 2 is 1.00 bits per heavy atom. The third kappa shape index (κ3) is 5.02. The zero-order valence-electron chi connectivity index (χ0n) is 13.8. The highest BCUT2D eigenvalue weighted by Crippen LogP contribution is 2.35. The Morgan fingerprint density at radius 1 is 0.679 bits per heavy atom. The summed E-state index contributed by atoms with van der Waals surface area (Å²) in [5.41, 5.74) is -1.00. The van der Waals surface area contributed by atoms with E-state index in [0.717, 1.165) is 0 Å². The van der Waals surface area contributed by atoms with E-state index in [9.17, 15) is 30.0 Å². The lowest BCUT2D eigenvalue weighted by molar-refractivity contribution is -0.136. The van der Waals surface area contributed by atoms with E-state index in [-0.39, 0.29) is 31.2 Å². The standard InChI is InChI=1S/C18H12Cl4O6/c19-9-1-7(15(23)13(21)5-9)3-11(17(25)26)12(18(27)28)4-8-2-10(20)6-14(22)16(8)24/h1-2,5-6,23-24H,3-4H2,(H,25,26)(H,27,28)/b12-11+. The molecule has 0 aliphatic carbocycles. The van der Waals surface area contributed by atoms with Crippen LogP contribution >= 0.6 is 46.4 Å². The van der Waals surface area contributed by atoms with Crippen LogP contribution in [0, 0.1) is 0 Å². The lowest BCUT2D eigenvalue weighted by Gasteiger charge is -2.13. The normalized spacial score (nSPS) is 11.9. The molecule has 0 aromatic heterocycles. The molecule has 0 aliphatic rings. The number of hydrogen-bond acceptors (Lipinski definition) is 4. The second kappa shape index (κ2) is 8.92. The van der Waals surface area contributed by atoms with Crippen molar-refractivity contribution >= 4 is 58.3 Å². The van der Waals surface area contributed by atoms with Gasteiger partial charge in [0, 0.05) is 34.0 Å². The lowest BCUT2D eigenvalue weighted by atomic mass is 9.94. The predicted octanol–water partition coefficient (Wildman–Crippen LogP) is 4.96. The Labute approximate surface area is 179 Å². The number of halogens is 4. The zero-order chi connectivity index (χ0) is 21.2. The van der Waals surface area contributed by atoms with Crippen LogP contribution in [-0.2, 0) is 22.4 Å². The van der Waals surface area contributed by atoms with Crippen LogP contribution in [0.4, 0.5) is 0 Å². The fraction of sp³-hybridized carbons (Fsp3) is 0.111. The van der Waals surface area contributed by atoms with E-state index in [1.165, 1.54) is 24.3 Å². The minimum absolute atomic E-state index is 0.0296. The number of hydrogen-bond donors (Lipinski definition) is 4. The van der Waals surface area contributed by atoms with Gasteiger partial charge in [0.2, 0.25) is 0 Å². The number of carbonyl (C=O) groups is 2. The molecule has 0 aliphatic heterocycles. The van der Waals surface area contributed by atoms with Crippen molar-refractivity contribution in [2.45, 2.75) is 12.8 Å². The van der Waals surface area contributed by atoms with Crippen molar-refractivity contribution in [3.05, 3.63) is 66.6 Å². The van der Waals surface area contributed by atoms with Crippen LogP contribution in [0.15, 0.2) is 35.4 Å². The molecule has 4 N–H and O–H groups in total. The summed E-state index contributed by atoms with van der Waals surface area (Å²) < 4.78 is 0. The van der Waals surface area contributed by atoms with Gasteiger partial charge < -0.3 is 20.4 Å². The van der Waals surface area contributed by atoms with Crippen LogP contribution in [-0.4, -0.2) is 32.4 Å². The first-order chi connectivity index (χ1) is 13.0. The summed E-state index contributed by atoms with van der Waals surface area (Å²) >= 11 is 23.4. The Balaban J connectivity index is 2.60. The highest BCUT2D eigenvalue weighted by atomic mass is 35.5. The molecule has 10 heteroatoms. The van der Waals surface area contributed by atoms with Gasteiger partial charge in [0.25, 0.3) is 0 Å². The average molecular weight is 466 g/mol. The highest BCUT2D eigenvalue weighted by Gasteiger charge is 2.24. The van der Waals surface area contributed by atoms with Crippen molar-refractivity contribution in [1.29, 1.82) is 0 Å². The molecule has 28 heavy (non-hydrogen) atoms. The van der Waals surface area contributed by atoms with Crippen molar-refractivity contribution in [3.63, 3.8) is 0 Å². The van der Waals surface area contributed by atoms with E-state index in [4.69, 9.17) is 46.4 Å². The van der Waals surface area contributed by atoms with Crippen LogP contribution < -0.4 is 0 Å². The predicted molar refractivity (Wildman–Crippen MR) is 106 cm³/mol. The minimum Gasteiger partial charge on any atom is -0.506 e. The molecular formula is C18H12Cl4O6. The lowest BCUT2D eigenvalue weighted by Crippen LogP contribution is -2.15. The Kier molecular flexibility index (Phi) is 7.06. The topological polar surface area (TPSA) is 115 Å². The molecule has 0 amide bonds. The van der Waals surface area contributed by atoms with Gasteiger partial charge in [-0.15, -0.1) is 0 Å². The number of rotatable bonds is 6. The van der Waals surface area contributed by atoms with Crippen molar-refractivity contribution in [3.8, 4) is 11.5 Å². The number of phenols is 2. The summed E-state index contributed by atoms with van der Waals surface area (Å²) in [6.07, 6.45) is -0.948. The molecule has 0 fully saturated rings. The average Bonchev–Trinajstić information content (AvgIpc) is 2.58. The molecule has 148 valence electrons. The first kappa shape index (κ1) is 22.2. The molecule has 6 nitrogen and oxygen atoms in total. The summed E-state index contributed by atoms with van der Waals surface area (Å²) in [7, 11) is 0. The summed E-state index contributed by atoms with van der Waals surface area (Å²) in [5, 5.41) is 39.3. The van der Waals surface area contributed by atoms with E-state index in [1.54, 1.807) is 0 Å². The van der Waals surface area contributed by atoms with E-state index in [2.05, 4.69) is 0 Å². The van der Waals surface area contributed by atoms with Crippen molar-refractivity contribution in [1.82, 2.24) is 0 Å². The van der Waals surface area contributed by atoms with E-state index >= 15 is 0 Å². The van der Waals surface area contributed by atoms with Crippen molar-refractivity contribution in [2.75, 3.05) is 0 Å². The van der Waals surface area contributed by atoms with Gasteiger partial charge in [-0.3, -0.25) is 0 Å². The molecule has 0 atom stereocenters. The van der Waals surface area contributed by atoms with E-state index in [1.807, 2.05) is 0 Å². The smallest absolute Gasteiger partial charge is 0.332 e. The second-order valence-electron chi connectivity index (χ2n) is 5.71. The fourth-order valence-corrected chi connectivity index (χ4v) is 3.58. The maximum atomic E-state index is 11.8. The van der Waals surface area contributed by atoms with Gasteiger partial charge in [0.05, 0.1) is 21.2 Å². The van der Waals surface area contributed by atoms with Crippen molar-refractivity contribution in [2.24, 2.45) is 0 Å². The molecule has 0 bridgehead atoms. The van der Waals surface area contributed by atoms with E-state index in [0.29, 0.717) is 0 Å². The van der Waals surface area contributed by atoms with Gasteiger partial charge in [0.15, 0.2) is 0 Å². The van der Waals surface area contributed by atoms with Crippen LogP contribution in [0.2, 0.25) is 20.1 Å². The fourth-order valence-electron chi connectivity index (χ4n) is 2.51. The third-order valence-electron chi connectivity index (χ3n) is 3.83. The molecule has 0 unspecified atom stereocenters. The molecule has 2 rings (SSSR count). The summed E-state index contributed by atoms with van der Waals surface area (Å²) in [6, 6.07) is 5.07. The maximum Gasteiger partial charge on any atom is 0.332 e. The number of carboxylic acids is 2. The summed E-state index contributed by atoms with van der Waals surface area (Å²) in [4.78, 5) is 23.5. The molecule has 2 aromatic rings. The van der Waals surface area contributed by atoms with Gasteiger partial charge in [-0.1, -0.05) is 46.4 Å². The van der Waals surface area contributed by atoms with Crippen LogP contribution in [0.1, 0.15) is 11.1 Å². The number of benzene rings is 2. The molecule has 0 saturated carbocycles. The largest absolute Gasteiger partial charge is 0.506 e. The monoisotopic (exact) mass is 464 g/mol. The van der Waals surface area contributed by atoms with Gasteiger partial charge in [-0.25, -0.2) is 9.59 Å². The van der Waals surface area contributed by atoms with Gasteiger partial charge in [-0.2, -0.15) is 0 Å². The Morgan fingerprint density at radius 3 is 1.29 bits per heavy atom. The second-order valence-corrected chi connectivity index (χ2v) is 7.40. The quantitative estimate of drug-likeness (QED) is 0.448. The first-order valence-electron chi connectivity index (χ1n) is 7.53. The molecule has 0 saturated heterocycles. The zero-order valence-corrected chi connectivity index (χ0v) is 16.9. The number of aliphatic carboxylic acids is 2. The summed E-state index contributed by atoms with van der Waals surface area (Å²) in [6.45, 7) is 0. The SMILES string of the molecule is O=C(O)/C(Cc1cc(Cl)cc(Cl)c1O)=C(\Cc1cc(Cl)cc(Cl)c1O)C(=O)O. The van der Waals surface area contributed by atoms with Crippen molar-refractivity contribution < 1.29 is 30.0 Å². The van der Waals surface area contributed by atoms with Gasteiger partial charge in [0.1, 0.15) is 11.5 Å². The first-order valence-corrected chi connectivity index (χ1v) is 9.04. The third-order valence-corrected chi connectivity index (χ3v) is 4.84. The molecule has 0 radical (unpaired) electrons. The van der Waals surface area contributed by atoms with Crippen LogP contribution in [0.25, 0.3) is 0 Å². The Hall–Kier alpha value is -2.12. The Bertz CT molecular complexity index is 921. The number of aromatic hydroxyl groups is 2. The molecule has 0 spiro atoms. The van der Waals surface area contributed by atoms with E-state index < -0.39 is 47.4 Å². The maximum absolute atomic E-state index is 11.8. The number of carboxylic acid groups (broad SMARTS) is 2. The number of phenolic OH excluding ortho intramolecular Hbond substituents is 2. The summed E-state index contributed by atoms with van der Waals surface area (Å²) in [5.74, 6) is -3.88. The van der Waals surface area contributed by atoms with Gasteiger partial charge >= 0.3 is 11.9 Å². The minimum atomic E-state index is -1.53. The molecule has 2 aromatic carbocycles. The molecule has 0 heterocycles. The van der Waals surface area contributed by atoms with Crippen LogP contribution in [0.3, 0.4) is 0 Å². The van der Waals surface area contributed by atoms with Crippen LogP contribution in [0.5, 0.6) is 11.5 Å². The molecular weight excluding hydrogens is 454 g/mol. The highest BCUT2D eigenvalue weighted by molar-refractivity contribution is 6.36. The van der Waals surface area contributed by atoms with Gasteiger partial charge in [-0.05, 0) is 24.3 Å².